The molecule has 0 spiro atoms. The van der Waals surface area contributed by atoms with Crippen molar-refractivity contribution in [3.63, 3.8) is 0 Å². The summed E-state index contributed by atoms with van der Waals surface area (Å²) in [7, 11) is 0. The summed E-state index contributed by atoms with van der Waals surface area (Å²) in [5.74, 6) is -18.5. The molecule has 8 aromatic rings. The average molecular weight is 1980 g/mol. The predicted molar refractivity (Wildman–Crippen MR) is 510 cm³/mol. The molecule has 0 aliphatic carbocycles. The highest BCUT2D eigenvalue weighted by atomic mass is 16.7. The van der Waals surface area contributed by atoms with Crippen molar-refractivity contribution in [2.45, 2.75) is 83.1 Å². The Morgan fingerprint density at radius 1 is 0.174 bits per heavy atom. The van der Waals surface area contributed by atoms with E-state index in [1.54, 1.807) is 48.5 Å². The quantitative estimate of drug-likeness (QED) is 0.0112. The molecule has 0 radical (unpaired) electrons. The van der Waals surface area contributed by atoms with Gasteiger partial charge >= 0.3 is 95.5 Å². The van der Waals surface area contributed by atoms with E-state index in [4.69, 9.17) is 104 Å². The van der Waals surface area contributed by atoms with Gasteiger partial charge < -0.3 is 104 Å². The molecule has 0 bridgehead atoms. The van der Waals surface area contributed by atoms with Crippen LogP contribution in [0, 0.1) is 0 Å². The summed E-state index contributed by atoms with van der Waals surface area (Å²) < 4.78 is 119. The monoisotopic (exact) mass is 1980 g/mol. The van der Waals surface area contributed by atoms with Gasteiger partial charge in [-0.15, -0.1) is 0 Å². The Morgan fingerprint density at radius 3 is 0.479 bits per heavy atom. The van der Waals surface area contributed by atoms with Crippen molar-refractivity contribution >= 4 is 95.5 Å². The van der Waals surface area contributed by atoms with Gasteiger partial charge in [0.15, 0.2) is 46.0 Å². The van der Waals surface area contributed by atoms with Crippen molar-refractivity contribution in [3.05, 3.63) is 314 Å². The first-order valence-electron chi connectivity index (χ1n) is 41.9. The molecule has 0 heterocycles. The van der Waals surface area contributed by atoms with Crippen LogP contribution in [0.15, 0.2) is 291 Å². The smallest absolute Gasteiger partial charge is 0.343 e. The fourth-order valence-corrected chi connectivity index (χ4v) is 10.2. The molecular weight excluding hydrogens is 1880 g/mol. The second-order valence-electron chi connectivity index (χ2n) is 30.7. The molecule has 8 rings (SSSR count). The summed E-state index contributed by atoms with van der Waals surface area (Å²) >= 11 is 0. The first-order chi connectivity index (χ1) is 67.9. The lowest BCUT2D eigenvalue weighted by Crippen LogP contribution is -2.17. The van der Waals surface area contributed by atoms with Crippen LogP contribution in [0.1, 0.15) is 125 Å². The van der Waals surface area contributed by atoms with Crippen LogP contribution in [0.2, 0.25) is 0 Å². The number of benzene rings is 8. The van der Waals surface area contributed by atoms with Crippen molar-refractivity contribution in [2.24, 2.45) is 0 Å². The maximum absolute atomic E-state index is 13.7. The largest absolute Gasteiger partial charge is 0.453 e. The second-order valence-corrected chi connectivity index (χ2v) is 30.7. The zero-order valence-electron chi connectivity index (χ0n) is 80.1. The molecule has 38 heteroatoms. The van der Waals surface area contributed by atoms with Gasteiger partial charge in [-0.05, 0) is 202 Å². The maximum atomic E-state index is 13.7. The molecular formula is C106H96O38. The highest BCUT2D eigenvalue weighted by Crippen LogP contribution is 2.46. The minimum absolute atomic E-state index is 0.0404. The molecule has 748 valence electrons. The summed E-state index contributed by atoms with van der Waals surface area (Å²) in [6.45, 7) is 54.6. The molecule has 0 saturated heterocycles. The minimum Gasteiger partial charge on any atom is -0.453 e. The lowest BCUT2D eigenvalue weighted by atomic mass is 10.1. The van der Waals surface area contributed by atoms with Crippen LogP contribution < -0.4 is 75.8 Å². The van der Waals surface area contributed by atoms with Crippen LogP contribution in [0.5, 0.6) is 92.0 Å². The Labute approximate surface area is 824 Å². The zero-order valence-corrected chi connectivity index (χ0v) is 80.1. The average Bonchev–Trinajstić information content (AvgIpc) is 0.808. The molecule has 38 nitrogen and oxygen atoms in total. The number of hydrogen-bond donors (Lipinski definition) is 0. The van der Waals surface area contributed by atoms with E-state index in [-0.39, 0.29) is 147 Å². The van der Waals surface area contributed by atoms with Crippen molar-refractivity contribution in [1.82, 2.24) is 0 Å². The van der Waals surface area contributed by atoms with Gasteiger partial charge in [0.05, 0.1) is 22.3 Å². The van der Waals surface area contributed by atoms with Crippen molar-refractivity contribution < 1.29 is 181 Å². The third-order valence-electron chi connectivity index (χ3n) is 17.7. The molecule has 0 aliphatic heterocycles. The highest BCUT2D eigenvalue weighted by Gasteiger charge is 2.32. The molecule has 0 N–H and O–H groups in total. The minimum atomic E-state index is -0.989. The summed E-state index contributed by atoms with van der Waals surface area (Å²) in [6, 6.07) is 33.8. The van der Waals surface area contributed by atoms with E-state index < -0.39 is 171 Å². The summed E-state index contributed by atoms with van der Waals surface area (Å²) in [5, 5.41) is 0. The van der Waals surface area contributed by atoms with E-state index in [1.807, 2.05) is 0 Å². The Bertz CT molecular complexity index is 5990. The third-order valence-corrected chi connectivity index (χ3v) is 17.7. The van der Waals surface area contributed by atoms with Crippen LogP contribution in [-0.2, 0) is 86.0 Å². The van der Waals surface area contributed by atoms with Gasteiger partial charge in [-0.1, -0.05) is 127 Å². The Hall–Kier alpha value is -19.0. The first-order valence-corrected chi connectivity index (χ1v) is 41.9. The lowest BCUT2D eigenvalue weighted by molar-refractivity contribution is -0.148. The van der Waals surface area contributed by atoms with Gasteiger partial charge in [-0.2, -0.15) is 0 Å². The van der Waals surface area contributed by atoms with Crippen molar-refractivity contribution in [1.29, 1.82) is 0 Å². The van der Waals surface area contributed by atoms with Crippen LogP contribution in [0.4, 0.5) is 0 Å². The molecule has 0 fully saturated rings. The summed E-state index contributed by atoms with van der Waals surface area (Å²) in [4.78, 5) is 202. The number of carbonyl (C=O) groups is 16. The summed E-state index contributed by atoms with van der Waals surface area (Å²) in [6.07, 6.45) is 0. The molecule has 0 saturated carbocycles. The highest BCUT2D eigenvalue weighted by molar-refractivity contribution is 6.01. The lowest BCUT2D eigenvalue weighted by Gasteiger charge is -2.18. The summed E-state index contributed by atoms with van der Waals surface area (Å²) in [5.41, 5.74) is 1.76. The van der Waals surface area contributed by atoms with Gasteiger partial charge in [-0.25, -0.2) is 76.7 Å². The Kier molecular flexibility index (Phi) is 40.8. The van der Waals surface area contributed by atoms with Crippen LogP contribution >= 0.6 is 0 Å². The SMILES string of the molecule is C=C(C)C(=O)OCOc1cc(C(=O)Oc2ccc(-c3ccc(OC(=O)c4cc(OCOC(=O)C(=C)C)c(OCOC(=O)C(=C)C)c(OCOC(=O)C(=C)C)c4)cc3)cc2)cc(OCOC(=O)C(=C)C)c1OCOC(=O)C(=C)C.C=C(C)C(=O)Oc1cc(C(=O)Oc2ccc(-c3ccc(OC(=O)c4cc(OC(=O)C(=C)C)c(OC(=O)C(=C)C)c(OC(=O)C(=C)C)c4)cc3)cc2)cc(OC(=O)C(=C)C)c1OC(=O)C(=C)C. The Balaban J connectivity index is 0.000000396. The van der Waals surface area contributed by atoms with Gasteiger partial charge in [0.25, 0.3) is 0 Å². The molecule has 0 amide bonds. The first kappa shape index (κ1) is 112. The van der Waals surface area contributed by atoms with E-state index in [1.165, 1.54) is 156 Å². The predicted octanol–water partition coefficient (Wildman–Crippen LogP) is 17.2. The van der Waals surface area contributed by atoms with Crippen molar-refractivity contribution in [3.8, 4) is 114 Å². The fourth-order valence-electron chi connectivity index (χ4n) is 10.2. The molecule has 144 heavy (non-hydrogen) atoms. The topological polar surface area (TPSA) is 476 Å². The van der Waals surface area contributed by atoms with Gasteiger partial charge in [0, 0.05) is 66.9 Å². The van der Waals surface area contributed by atoms with E-state index in [9.17, 15) is 76.7 Å². The number of esters is 16. The van der Waals surface area contributed by atoms with Crippen molar-refractivity contribution in [2.75, 3.05) is 40.8 Å². The van der Waals surface area contributed by atoms with E-state index >= 15 is 0 Å². The zero-order chi connectivity index (χ0) is 107. The molecule has 0 atom stereocenters. The molecule has 0 aliphatic rings. The van der Waals surface area contributed by atoms with Crippen LogP contribution in [0.25, 0.3) is 22.3 Å². The van der Waals surface area contributed by atoms with Crippen LogP contribution in [-0.4, -0.2) is 136 Å². The van der Waals surface area contributed by atoms with Gasteiger partial charge in [0.1, 0.15) is 23.0 Å². The number of rotatable bonds is 46. The standard InChI is InChI=1S/C56H54O22.C50H42O16/c1-31(2)49(57)71-25-65-43-21-39(22-44(66-26-72-50(58)32(3)4)47(43)69-29-75-53(61)35(9)10)55(63)77-41-17-13-37(14-18-41)38-15-19-42(20-16-38)78-56(64)40-23-45(67-27-73-51(59)33(5)6)48(70-30-76-54(62)36(11)12)46(24-40)68-28-74-52(60)34(7)8;1-25(2)43(51)61-37-21-33(22-38(62-44(52)26(3)4)41(37)65-47(55)29(9)10)49(57)59-35-17-13-31(14-18-35)32-15-19-36(20-16-32)60-50(58)34-23-39(63-45(53)27(5)6)42(66-48(56)30(11)12)40(24-34)64-46(54)28(7)8/h13-24H,1,3,5,7,9,11,25-30H2,2,4,6,8,10,12H3;13-24H,1,3,5,7,9,11H2,2,4,6,8,10,12H3. The maximum Gasteiger partial charge on any atom is 0.343 e. The number of ether oxygens (including phenoxy) is 22. The van der Waals surface area contributed by atoms with Gasteiger partial charge in [-0.3, -0.25) is 0 Å². The number of hydrogen-bond acceptors (Lipinski definition) is 38. The second kappa shape index (κ2) is 52.5. The van der Waals surface area contributed by atoms with E-state index in [2.05, 4.69) is 78.9 Å². The fraction of sp³-hybridized carbons (Fsp3) is 0.170. The van der Waals surface area contributed by atoms with E-state index in [0.717, 1.165) is 24.3 Å². The molecule has 8 aromatic carbocycles. The molecule has 0 unspecified atom stereocenters. The van der Waals surface area contributed by atoms with Crippen LogP contribution in [0.3, 0.4) is 0 Å². The number of carbonyl (C=O) groups excluding carboxylic acids is 16. The van der Waals surface area contributed by atoms with E-state index in [0.29, 0.717) is 22.3 Å². The normalized spacial score (nSPS) is 10.2. The Morgan fingerprint density at radius 2 is 0.319 bits per heavy atom. The third kappa shape index (κ3) is 33.7. The molecule has 0 aromatic heterocycles. The van der Waals surface area contributed by atoms with Gasteiger partial charge in [0.2, 0.25) is 63.8 Å².